The Hall–Kier alpha value is -2.82. The lowest BCUT2D eigenvalue weighted by Gasteiger charge is -2.35. The zero-order chi connectivity index (χ0) is 21.7. The van der Waals surface area contributed by atoms with E-state index in [4.69, 9.17) is 4.74 Å². The number of nitrogens with zero attached hydrogens (tertiary/aromatic N) is 2. The number of hydrogen-bond donors (Lipinski definition) is 0. The molecule has 0 aliphatic carbocycles. The first-order chi connectivity index (χ1) is 14.2. The van der Waals surface area contributed by atoms with E-state index in [2.05, 4.69) is 33.8 Å². The molecule has 5 nitrogen and oxygen atoms in total. The van der Waals surface area contributed by atoms with E-state index in [1.54, 1.807) is 4.90 Å². The van der Waals surface area contributed by atoms with Crippen LogP contribution in [0.1, 0.15) is 37.5 Å². The highest BCUT2D eigenvalue weighted by molar-refractivity contribution is 5.80. The maximum absolute atomic E-state index is 12.7. The lowest BCUT2D eigenvalue weighted by molar-refractivity contribution is -0.140. The minimum atomic E-state index is -0.0604. The molecule has 0 spiro atoms. The molecule has 2 aromatic rings. The van der Waals surface area contributed by atoms with E-state index in [9.17, 15) is 9.59 Å². The maximum Gasteiger partial charge on any atom is 0.260 e. The number of hydrogen-bond acceptors (Lipinski definition) is 3. The summed E-state index contributed by atoms with van der Waals surface area (Å²) in [6.45, 7) is 10.7. The fraction of sp³-hybridized carbons (Fsp3) is 0.440. The van der Waals surface area contributed by atoms with Gasteiger partial charge in [-0.15, -0.1) is 0 Å². The van der Waals surface area contributed by atoms with Crippen LogP contribution in [0.25, 0.3) is 0 Å². The lowest BCUT2D eigenvalue weighted by atomic mass is 9.85. The van der Waals surface area contributed by atoms with E-state index < -0.39 is 0 Å². The van der Waals surface area contributed by atoms with Gasteiger partial charge in [0.15, 0.2) is 6.61 Å². The number of amides is 2. The van der Waals surface area contributed by atoms with Gasteiger partial charge in [-0.25, -0.2) is 0 Å². The molecule has 3 rings (SSSR count). The van der Waals surface area contributed by atoms with Crippen molar-refractivity contribution in [1.82, 2.24) is 9.80 Å². The Morgan fingerprint density at radius 3 is 2.10 bits per heavy atom. The number of benzene rings is 2. The highest BCUT2D eigenvalue weighted by Gasteiger charge is 2.25. The van der Waals surface area contributed by atoms with Crippen LogP contribution in [0, 0.1) is 6.92 Å². The summed E-state index contributed by atoms with van der Waals surface area (Å²) in [5.41, 5.74) is 3.23. The van der Waals surface area contributed by atoms with Crippen LogP contribution in [-0.4, -0.2) is 54.4 Å². The molecule has 1 aliphatic heterocycles. The van der Waals surface area contributed by atoms with Crippen LogP contribution < -0.4 is 4.74 Å². The average molecular weight is 409 g/mol. The Labute approximate surface area is 179 Å². The number of aryl methyl sites for hydroxylation is 1. The second kappa shape index (κ2) is 9.33. The van der Waals surface area contributed by atoms with Gasteiger partial charge >= 0.3 is 0 Å². The minimum Gasteiger partial charge on any atom is -0.483 e. The van der Waals surface area contributed by atoms with Crippen molar-refractivity contribution in [2.75, 3.05) is 32.8 Å². The molecule has 0 saturated carbocycles. The average Bonchev–Trinajstić information content (AvgIpc) is 2.72. The van der Waals surface area contributed by atoms with Gasteiger partial charge in [0.1, 0.15) is 5.75 Å². The molecule has 0 unspecified atom stereocenters. The maximum atomic E-state index is 12.7. The first-order valence-corrected chi connectivity index (χ1v) is 10.6. The predicted molar refractivity (Wildman–Crippen MR) is 119 cm³/mol. The van der Waals surface area contributed by atoms with Crippen LogP contribution in [0.15, 0.2) is 48.5 Å². The molecule has 0 bridgehead atoms. The lowest BCUT2D eigenvalue weighted by Crippen LogP contribution is -2.52. The quantitative estimate of drug-likeness (QED) is 0.760. The molecule has 1 fully saturated rings. The Morgan fingerprint density at radius 2 is 1.50 bits per heavy atom. The van der Waals surface area contributed by atoms with Crippen molar-refractivity contribution in [3.8, 4) is 5.75 Å². The molecule has 0 N–H and O–H groups in total. The Balaban J connectivity index is 1.51. The monoisotopic (exact) mass is 408 g/mol. The molecule has 0 radical (unpaired) electrons. The fourth-order valence-electron chi connectivity index (χ4n) is 3.67. The van der Waals surface area contributed by atoms with Crippen LogP contribution >= 0.6 is 0 Å². The third kappa shape index (κ3) is 5.62. The normalized spacial score (nSPS) is 14.5. The van der Waals surface area contributed by atoms with Crippen LogP contribution in [0.4, 0.5) is 0 Å². The molecular formula is C25H32N2O3. The largest absolute Gasteiger partial charge is 0.483 e. The molecule has 2 aromatic carbocycles. The second-order valence-electron chi connectivity index (χ2n) is 8.96. The number of carbonyl (C=O) groups is 2. The van der Waals surface area contributed by atoms with Crippen LogP contribution in [0.2, 0.25) is 0 Å². The highest BCUT2D eigenvalue weighted by Crippen LogP contribution is 2.32. The first-order valence-electron chi connectivity index (χ1n) is 10.6. The molecule has 1 aliphatic rings. The van der Waals surface area contributed by atoms with Gasteiger partial charge in [-0.05, 0) is 29.5 Å². The first kappa shape index (κ1) is 21.9. The summed E-state index contributed by atoms with van der Waals surface area (Å²) in [5, 5.41) is 0. The molecule has 160 valence electrons. The Morgan fingerprint density at radius 1 is 0.900 bits per heavy atom. The van der Waals surface area contributed by atoms with Gasteiger partial charge in [0, 0.05) is 26.2 Å². The molecular weight excluding hydrogens is 376 g/mol. The summed E-state index contributed by atoms with van der Waals surface area (Å²) < 4.78 is 5.92. The van der Waals surface area contributed by atoms with Crippen LogP contribution in [0.5, 0.6) is 5.75 Å². The van der Waals surface area contributed by atoms with Gasteiger partial charge < -0.3 is 14.5 Å². The number of piperazine rings is 1. The summed E-state index contributed by atoms with van der Waals surface area (Å²) >= 11 is 0. The standard InChI is InChI=1S/C25H32N2O3/c1-19-10-11-22(21(16-19)25(2,3)4)30-18-24(29)27-14-12-26(13-15-27)23(28)17-20-8-6-5-7-9-20/h5-11,16H,12-15,17-18H2,1-4H3. The van der Waals surface area contributed by atoms with Crippen molar-refractivity contribution in [1.29, 1.82) is 0 Å². The van der Waals surface area contributed by atoms with Gasteiger partial charge in [-0.3, -0.25) is 9.59 Å². The van der Waals surface area contributed by atoms with E-state index in [1.807, 2.05) is 47.4 Å². The summed E-state index contributed by atoms with van der Waals surface area (Å²) in [6, 6.07) is 15.8. The SMILES string of the molecule is Cc1ccc(OCC(=O)N2CCN(C(=O)Cc3ccccc3)CC2)c(C(C)(C)C)c1. The number of carbonyl (C=O) groups excluding carboxylic acids is 2. The summed E-state index contributed by atoms with van der Waals surface area (Å²) in [5.74, 6) is 0.836. The van der Waals surface area contributed by atoms with Gasteiger partial charge in [0.05, 0.1) is 6.42 Å². The van der Waals surface area contributed by atoms with Gasteiger partial charge in [0.25, 0.3) is 5.91 Å². The highest BCUT2D eigenvalue weighted by atomic mass is 16.5. The third-order valence-electron chi connectivity index (χ3n) is 5.48. The molecule has 30 heavy (non-hydrogen) atoms. The van der Waals surface area contributed by atoms with Crippen LogP contribution in [0.3, 0.4) is 0 Å². The van der Waals surface area contributed by atoms with Crippen molar-refractivity contribution in [2.24, 2.45) is 0 Å². The summed E-state index contributed by atoms with van der Waals surface area (Å²) in [7, 11) is 0. The third-order valence-corrected chi connectivity index (χ3v) is 5.48. The van der Waals surface area contributed by atoms with Crippen molar-refractivity contribution in [2.45, 2.75) is 39.5 Å². The molecule has 0 aromatic heterocycles. The summed E-state index contributed by atoms with van der Waals surface area (Å²) in [6.07, 6.45) is 0.404. The smallest absolute Gasteiger partial charge is 0.260 e. The minimum absolute atomic E-state index is 0.0180. The van der Waals surface area contributed by atoms with Gasteiger partial charge in [-0.1, -0.05) is 68.8 Å². The number of rotatable bonds is 5. The Bertz CT molecular complexity index is 879. The fourth-order valence-corrected chi connectivity index (χ4v) is 3.67. The van der Waals surface area contributed by atoms with Gasteiger partial charge in [-0.2, -0.15) is 0 Å². The van der Waals surface area contributed by atoms with Crippen molar-refractivity contribution in [3.05, 3.63) is 65.2 Å². The van der Waals surface area contributed by atoms with E-state index in [0.29, 0.717) is 32.6 Å². The van der Waals surface area contributed by atoms with Crippen LogP contribution in [-0.2, 0) is 21.4 Å². The van der Waals surface area contributed by atoms with E-state index in [-0.39, 0.29) is 23.8 Å². The predicted octanol–water partition coefficient (Wildman–Crippen LogP) is 3.58. The molecule has 0 atom stereocenters. The van der Waals surface area contributed by atoms with Crippen molar-refractivity contribution in [3.63, 3.8) is 0 Å². The second-order valence-corrected chi connectivity index (χ2v) is 8.96. The number of ether oxygens (including phenoxy) is 1. The molecule has 1 saturated heterocycles. The van der Waals surface area contributed by atoms with E-state index in [1.165, 1.54) is 5.56 Å². The van der Waals surface area contributed by atoms with E-state index in [0.717, 1.165) is 16.9 Å². The van der Waals surface area contributed by atoms with Crippen molar-refractivity contribution >= 4 is 11.8 Å². The van der Waals surface area contributed by atoms with Gasteiger partial charge in [0.2, 0.25) is 5.91 Å². The molecule has 5 heteroatoms. The molecule has 2 amide bonds. The van der Waals surface area contributed by atoms with Crippen molar-refractivity contribution < 1.29 is 14.3 Å². The van der Waals surface area contributed by atoms with E-state index >= 15 is 0 Å². The zero-order valence-electron chi connectivity index (χ0n) is 18.5. The topological polar surface area (TPSA) is 49.9 Å². The Kier molecular flexibility index (Phi) is 6.80. The zero-order valence-corrected chi connectivity index (χ0v) is 18.5. The summed E-state index contributed by atoms with van der Waals surface area (Å²) in [4.78, 5) is 28.8. The molecule has 1 heterocycles.